The summed E-state index contributed by atoms with van der Waals surface area (Å²) in [5, 5.41) is 5.33. The monoisotopic (exact) mass is 519 g/mol. The van der Waals surface area contributed by atoms with E-state index >= 15 is 0 Å². The SMILES string of the molecule is c1ccc2c(c1)oc1c(-c3ccc4oc5ccc(-c6ncnc7c6sc6ccccc67)cc5c4c3)cncc12. The topological polar surface area (TPSA) is 65.0 Å². The Morgan fingerprint density at radius 3 is 2.23 bits per heavy atom. The van der Waals surface area contributed by atoms with Crippen LogP contribution in [0.1, 0.15) is 0 Å². The molecule has 5 nitrogen and oxygen atoms in total. The average molecular weight is 520 g/mol. The highest BCUT2D eigenvalue weighted by atomic mass is 32.1. The van der Waals surface area contributed by atoms with Crippen LogP contribution in [0.5, 0.6) is 0 Å². The van der Waals surface area contributed by atoms with Crippen molar-refractivity contribution in [3.63, 3.8) is 0 Å². The molecule has 0 fully saturated rings. The van der Waals surface area contributed by atoms with E-state index in [1.54, 1.807) is 17.7 Å². The fraction of sp³-hybridized carbons (Fsp3) is 0. The van der Waals surface area contributed by atoms with E-state index in [1.807, 2.05) is 42.7 Å². The van der Waals surface area contributed by atoms with Crippen molar-refractivity contribution >= 4 is 75.5 Å². The molecular formula is C33H17N3O2S. The average Bonchev–Trinajstić information content (AvgIpc) is 3.67. The van der Waals surface area contributed by atoms with Crippen molar-refractivity contribution < 1.29 is 8.83 Å². The van der Waals surface area contributed by atoms with E-state index in [9.17, 15) is 0 Å². The summed E-state index contributed by atoms with van der Waals surface area (Å²) >= 11 is 1.73. The standard InChI is InChI=1S/C33H17N3O2S/c1-3-7-26-20(5-1)25-16-34-15-24(32(25)38-26)18-9-11-27-22(13-18)23-14-19(10-12-28(23)37-27)30-33-31(36-17-35-30)21-6-2-4-8-29(21)39-33/h1-17H. The van der Waals surface area contributed by atoms with Crippen LogP contribution in [0.3, 0.4) is 0 Å². The van der Waals surface area contributed by atoms with E-state index in [2.05, 4.69) is 64.6 Å². The van der Waals surface area contributed by atoms with Gasteiger partial charge in [0, 0.05) is 55.2 Å². The second-order valence-corrected chi connectivity index (χ2v) is 10.7. The molecule has 0 spiro atoms. The molecule has 0 N–H and O–H groups in total. The van der Waals surface area contributed by atoms with Gasteiger partial charge in [0.15, 0.2) is 0 Å². The van der Waals surface area contributed by atoms with Gasteiger partial charge in [-0.1, -0.05) is 42.5 Å². The van der Waals surface area contributed by atoms with E-state index < -0.39 is 0 Å². The van der Waals surface area contributed by atoms with Gasteiger partial charge in [-0.2, -0.15) is 0 Å². The summed E-state index contributed by atoms with van der Waals surface area (Å²) in [7, 11) is 0. The van der Waals surface area contributed by atoms with Gasteiger partial charge in [0.1, 0.15) is 28.7 Å². The molecule has 9 aromatic rings. The van der Waals surface area contributed by atoms with Crippen LogP contribution in [0, 0.1) is 0 Å². The van der Waals surface area contributed by atoms with Crippen molar-refractivity contribution in [1.29, 1.82) is 0 Å². The summed E-state index contributed by atoms with van der Waals surface area (Å²) in [6.45, 7) is 0. The first kappa shape index (κ1) is 20.9. The van der Waals surface area contributed by atoms with Gasteiger partial charge in [-0.15, -0.1) is 11.3 Å². The smallest absolute Gasteiger partial charge is 0.146 e. The third-order valence-corrected chi connectivity index (χ3v) is 8.66. The summed E-state index contributed by atoms with van der Waals surface area (Å²) in [5.74, 6) is 0. The molecule has 0 aliphatic heterocycles. The van der Waals surface area contributed by atoms with Gasteiger partial charge in [-0.05, 0) is 48.0 Å². The third-order valence-electron chi connectivity index (χ3n) is 7.50. The van der Waals surface area contributed by atoms with Crippen LogP contribution in [-0.2, 0) is 0 Å². The Labute approximate surface area is 225 Å². The molecule has 39 heavy (non-hydrogen) atoms. The molecule has 5 heterocycles. The van der Waals surface area contributed by atoms with Gasteiger partial charge in [0.2, 0.25) is 0 Å². The van der Waals surface area contributed by atoms with Gasteiger partial charge in [0.05, 0.1) is 15.9 Å². The first-order valence-corrected chi connectivity index (χ1v) is 13.5. The minimum Gasteiger partial charge on any atom is -0.456 e. The number of benzene rings is 4. The molecule has 9 rings (SSSR count). The van der Waals surface area contributed by atoms with E-state index in [0.717, 1.165) is 81.9 Å². The number of aromatic nitrogens is 3. The lowest BCUT2D eigenvalue weighted by molar-refractivity contribution is 0.668. The molecule has 0 saturated carbocycles. The Kier molecular flexibility index (Phi) is 4.14. The van der Waals surface area contributed by atoms with Gasteiger partial charge in [-0.25, -0.2) is 9.97 Å². The van der Waals surface area contributed by atoms with Gasteiger partial charge in [0.25, 0.3) is 0 Å². The summed E-state index contributed by atoms with van der Waals surface area (Å²) < 4.78 is 14.8. The van der Waals surface area contributed by atoms with E-state index in [0.29, 0.717) is 0 Å². The summed E-state index contributed by atoms with van der Waals surface area (Å²) in [6.07, 6.45) is 5.41. The molecule has 182 valence electrons. The number of hydrogen-bond acceptors (Lipinski definition) is 6. The number of furan rings is 2. The summed E-state index contributed by atoms with van der Waals surface area (Å²) in [5.41, 5.74) is 8.33. The fourth-order valence-electron chi connectivity index (χ4n) is 5.67. The molecular weight excluding hydrogens is 502 g/mol. The number of pyridine rings is 1. The largest absolute Gasteiger partial charge is 0.456 e. The van der Waals surface area contributed by atoms with Gasteiger partial charge < -0.3 is 8.83 Å². The second-order valence-electron chi connectivity index (χ2n) is 9.68. The van der Waals surface area contributed by atoms with Crippen LogP contribution >= 0.6 is 11.3 Å². The highest BCUT2D eigenvalue weighted by Gasteiger charge is 2.17. The Morgan fingerprint density at radius 2 is 1.33 bits per heavy atom. The molecule has 0 aliphatic rings. The number of fused-ring (bicyclic) bond motifs is 9. The lowest BCUT2D eigenvalue weighted by Gasteiger charge is -2.04. The predicted molar refractivity (Wildman–Crippen MR) is 158 cm³/mol. The highest BCUT2D eigenvalue weighted by molar-refractivity contribution is 7.26. The van der Waals surface area contributed by atoms with Crippen molar-refractivity contribution in [2.45, 2.75) is 0 Å². The van der Waals surface area contributed by atoms with E-state index in [1.165, 1.54) is 4.70 Å². The zero-order chi connectivity index (χ0) is 25.5. The maximum atomic E-state index is 6.29. The Balaban J connectivity index is 1.26. The molecule has 4 aromatic carbocycles. The lowest BCUT2D eigenvalue weighted by atomic mass is 10.0. The van der Waals surface area contributed by atoms with Crippen molar-refractivity contribution in [3.05, 3.63) is 104 Å². The Hall–Kier alpha value is -5.07. The first-order valence-electron chi connectivity index (χ1n) is 12.7. The molecule has 5 aromatic heterocycles. The number of rotatable bonds is 2. The van der Waals surface area contributed by atoms with Crippen molar-refractivity contribution in [2.75, 3.05) is 0 Å². The Morgan fingerprint density at radius 1 is 0.590 bits per heavy atom. The molecule has 0 unspecified atom stereocenters. The zero-order valence-electron chi connectivity index (χ0n) is 20.4. The molecule has 0 radical (unpaired) electrons. The number of para-hydroxylation sites is 1. The molecule has 0 aliphatic carbocycles. The van der Waals surface area contributed by atoms with Crippen molar-refractivity contribution in [2.24, 2.45) is 0 Å². The second kappa shape index (κ2) is 7.72. The van der Waals surface area contributed by atoms with Crippen molar-refractivity contribution in [1.82, 2.24) is 15.0 Å². The van der Waals surface area contributed by atoms with Gasteiger partial charge >= 0.3 is 0 Å². The minimum absolute atomic E-state index is 0.838. The normalized spacial score (nSPS) is 12.1. The lowest BCUT2D eigenvalue weighted by Crippen LogP contribution is -1.86. The van der Waals surface area contributed by atoms with Crippen LogP contribution in [0.15, 0.2) is 112 Å². The Bertz CT molecular complexity index is 2250. The van der Waals surface area contributed by atoms with Crippen molar-refractivity contribution in [3.8, 4) is 22.4 Å². The summed E-state index contributed by atoms with van der Waals surface area (Å²) in [6, 6.07) is 29.0. The molecule has 0 atom stereocenters. The number of hydrogen-bond donors (Lipinski definition) is 0. The van der Waals surface area contributed by atoms with Crippen LogP contribution in [-0.4, -0.2) is 15.0 Å². The quantitative estimate of drug-likeness (QED) is 0.228. The van der Waals surface area contributed by atoms with Crippen LogP contribution in [0.4, 0.5) is 0 Å². The number of nitrogens with zero attached hydrogens (tertiary/aromatic N) is 3. The van der Waals surface area contributed by atoms with Gasteiger partial charge in [-0.3, -0.25) is 4.98 Å². The van der Waals surface area contributed by atoms with Crippen LogP contribution in [0.2, 0.25) is 0 Å². The number of thiophene rings is 1. The van der Waals surface area contributed by atoms with E-state index in [4.69, 9.17) is 13.8 Å². The zero-order valence-corrected chi connectivity index (χ0v) is 21.2. The maximum absolute atomic E-state index is 6.29. The molecule has 0 bridgehead atoms. The predicted octanol–water partition coefficient (Wildman–Crippen LogP) is 9.37. The summed E-state index contributed by atoms with van der Waals surface area (Å²) in [4.78, 5) is 13.9. The first-order chi connectivity index (χ1) is 19.3. The third kappa shape index (κ3) is 2.97. The fourth-order valence-corrected chi connectivity index (χ4v) is 6.83. The van der Waals surface area contributed by atoms with E-state index in [-0.39, 0.29) is 0 Å². The van der Waals surface area contributed by atoms with Crippen LogP contribution < -0.4 is 0 Å². The molecule has 6 heteroatoms. The maximum Gasteiger partial charge on any atom is 0.146 e. The van der Waals surface area contributed by atoms with Crippen LogP contribution in [0.25, 0.3) is 86.6 Å². The minimum atomic E-state index is 0.838. The molecule has 0 saturated heterocycles. The molecule has 0 amide bonds. The highest BCUT2D eigenvalue weighted by Crippen LogP contribution is 2.41.